The molecule has 0 fully saturated rings. The van der Waals surface area contributed by atoms with E-state index >= 15 is 0 Å². The third kappa shape index (κ3) is 6.44. The minimum Gasteiger partial charge on any atom is -0.383 e. The fraction of sp³-hybridized carbons (Fsp3) is 0.207. The number of amides is 2. The van der Waals surface area contributed by atoms with E-state index in [1.165, 1.54) is 4.90 Å². The lowest BCUT2D eigenvalue weighted by molar-refractivity contribution is -0.117. The van der Waals surface area contributed by atoms with Crippen LogP contribution in [0.5, 0.6) is 0 Å². The van der Waals surface area contributed by atoms with Crippen molar-refractivity contribution in [2.75, 3.05) is 32.1 Å². The number of imidazole rings is 1. The zero-order chi connectivity index (χ0) is 26.4. The number of aromatic nitrogens is 2. The molecule has 37 heavy (non-hydrogen) atoms. The van der Waals surface area contributed by atoms with Crippen LogP contribution in [-0.4, -0.2) is 53.1 Å². The third-order valence-electron chi connectivity index (χ3n) is 5.91. The lowest BCUT2D eigenvalue weighted by Gasteiger charge is -2.22. The van der Waals surface area contributed by atoms with Gasteiger partial charge in [-0.3, -0.25) is 19.5 Å². The molecule has 0 spiro atoms. The van der Waals surface area contributed by atoms with E-state index in [0.717, 1.165) is 28.1 Å². The number of nitrogens with one attached hydrogen (secondary N) is 1. The molecule has 0 bridgehead atoms. The number of aryl methyl sites for hydroxylation is 2. The van der Waals surface area contributed by atoms with Crippen LogP contribution in [0.3, 0.4) is 0 Å². The highest BCUT2D eigenvalue weighted by molar-refractivity contribution is 6.33. The number of anilines is 1. The van der Waals surface area contributed by atoms with Crippen molar-refractivity contribution in [3.63, 3.8) is 0 Å². The molecule has 4 aromatic rings. The average molecular weight is 517 g/mol. The van der Waals surface area contributed by atoms with Crippen molar-refractivity contribution in [3.8, 4) is 16.9 Å². The Balaban J connectivity index is 1.61. The Kier molecular flexibility index (Phi) is 8.38. The number of nitrogens with zero attached hydrogens (tertiary/aromatic N) is 3. The first-order valence-electron chi connectivity index (χ1n) is 11.9. The van der Waals surface area contributed by atoms with Crippen molar-refractivity contribution in [2.24, 2.45) is 0 Å². The van der Waals surface area contributed by atoms with Gasteiger partial charge < -0.3 is 9.64 Å². The molecular formula is C29H29ClN4O3. The molecule has 1 heterocycles. The molecule has 0 unspecified atom stereocenters. The molecule has 0 aliphatic heterocycles. The zero-order valence-corrected chi connectivity index (χ0v) is 21.8. The number of ether oxygens (including phenoxy) is 1. The summed E-state index contributed by atoms with van der Waals surface area (Å²) < 4.78 is 7.00. The molecule has 7 nitrogen and oxygen atoms in total. The smallest absolute Gasteiger partial charge is 0.255 e. The van der Waals surface area contributed by atoms with Crippen molar-refractivity contribution < 1.29 is 14.3 Å². The standard InChI is InChI=1S/C29H29ClN4O3/c1-20-8-12-22(13-9-20)26-18-34(23-14-10-21(2)11-15-23)29(31-26)32-27(35)19-33(16-17-37-3)28(36)24-6-4-5-7-25(24)30/h4-15,18H,16-17,19H2,1-3H3,(H,31,32,35). The Morgan fingerprint density at radius 1 is 0.973 bits per heavy atom. The van der Waals surface area contributed by atoms with Gasteiger partial charge in [0.15, 0.2) is 0 Å². The van der Waals surface area contributed by atoms with Gasteiger partial charge in [0.05, 0.1) is 22.9 Å². The number of carbonyl (C=O) groups excluding carboxylic acids is 2. The monoisotopic (exact) mass is 516 g/mol. The molecule has 3 aromatic carbocycles. The molecule has 0 atom stereocenters. The van der Waals surface area contributed by atoms with Crippen molar-refractivity contribution in [1.82, 2.24) is 14.5 Å². The van der Waals surface area contributed by atoms with Crippen LogP contribution in [0.1, 0.15) is 21.5 Å². The number of halogens is 1. The molecule has 8 heteroatoms. The molecule has 190 valence electrons. The van der Waals surface area contributed by atoms with Crippen molar-refractivity contribution in [1.29, 1.82) is 0 Å². The van der Waals surface area contributed by atoms with Crippen LogP contribution in [0.2, 0.25) is 5.02 Å². The number of carbonyl (C=O) groups is 2. The van der Waals surface area contributed by atoms with Gasteiger partial charge in [0.1, 0.15) is 6.54 Å². The van der Waals surface area contributed by atoms with E-state index in [9.17, 15) is 9.59 Å². The lowest BCUT2D eigenvalue weighted by atomic mass is 10.1. The highest BCUT2D eigenvalue weighted by Crippen LogP contribution is 2.25. The SMILES string of the molecule is COCCN(CC(=O)Nc1nc(-c2ccc(C)cc2)cn1-c1ccc(C)cc1)C(=O)c1ccccc1Cl. The summed E-state index contributed by atoms with van der Waals surface area (Å²) in [4.78, 5) is 32.5. The molecule has 4 rings (SSSR count). The maximum Gasteiger partial charge on any atom is 0.255 e. The first-order chi connectivity index (χ1) is 17.9. The van der Waals surface area contributed by atoms with Gasteiger partial charge in [-0.15, -0.1) is 0 Å². The summed E-state index contributed by atoms with van der Waals surface area (Å²) in [6, 6.07) is 22.8. The minimum atomic E-state index is -0.383. The van der Waals surface area contributed by atoms with Crippen LogP contribution in [0, 0.1) is 13.8 Å². The van der Waals surface area contributed by atoms with Crippen molar-refractivity contribution >= 4 is 29.4 Å². The molecule has 1 N–H and O–H groups in total. The molecule has 0 aliphatic carbocycles. The highest BCUT2D eigenvalue weighted by atomic mass is 35.5. The maximum atomic E-state index is 13.2. The second-order valence-corrected chi connectivity index (χ2v) is 9.18. The predicted molar refractivity (Wildman–Crippen MR) is 146 cm³/mol. The van der Waals surface area contributed by atoms with E-state index in [1.54, 1.807) is 31.4 Å². The van der Waals surface area contributed by atoms with Gasteiger partial charge in [-0.2, -0.15) is 0 Å². The Morgan fingerprint density at radius 3 is 2.27 bits per heavy atom. The first kappa shape index (κ1) is 26.1. The van der Waals surface area contributed by atoms with Crippen LogP contribution in [0.15, 0.2) is 79.0 Å². The largest absolute Gasteiger partial charge is 0.383 e. The summed E-state index contributed by atoms with van der Waals surface area (Å²) in [6.07, 6.45) is 1.89. The summed E-state index contributed by atoms with van der Waals surface area (Å²) in [5, 5.41) is 3.23. The van der Waals surface area contributed by atoms with Crippen molar-refractivity contribution in [3.05, 3.63) is 101 Å². The van der Waals surface area contributed by atoms with Crippen LogP contribution in [0.4, 0.5) is 5.95 Å². The van der Waals surface area contributed by atoms with E-state index < -0.39 is 0 Å². The maximum absolute atomic E-state index is 13.2. The molecule has 0 saturated heterocycles. The van der Waals surface area contributed by atoms with Gasteiger partial charge in [-0.25, -0.2) is 4.98 Å². The molecule has 2 amide bonds. The lowest BCUT2D eigenvalue weighted by Crippen LogP contribution is -2.40. The molecular weight excluding hydrogens is 488 g/mol. The molecule has 0 saturated carbocycles. The average Bonchev–Trinajstić information content (AvgIpc) is 3.30. The topological polar surface area (TPSA) is 76.5 Å². The zero-order valence-electron chi connectivity index (χ0n) is 21.1. The fourth-order valence-electron chi connectivity index (χ4n) is 3.83. The van der Waals surface area contributed by atoms with E-state index in [1.807, 2.05) is 73.1 Å². The summed E-state index contributed by atoms with van der Waals surface area (Å²) in [7, 11) is 1.54. The number of rotatable bonds is 9. The van der Waals surface area contributed by atoms with Crippen molar-refractivity contribution in [2.45, 2.75) is 13.8 Å². The minimum absolute atomic E-state index is 0.186. The Morgan fingerprint density at radius 2 is 1.62 bits per heavy atom. The second kappa shape index (κ2) is 11.9. The fourth-order valence-corrected chi connectivity index (χ4v) is 4.05. The Labute approximate surface area is 221 Å². The van der Waals surface area contributed by atoms with Crippen LogP contribution < -0.4 is 5.32 Å². The van der Waals surface area contributed by atoms with E-state index in [4.69, 9.17) is 21.3 Å². The van der Waals surface area contributed by atoms with Gasteiger partial charge in [0.25, 0.3) is 5.91 Å². The summed E-state index contributed by atoms with van der Waals surface area (Å²) in [5.41, 5.74) is 5.11. The predicted octanol–water partition coefficient (Wildman–Crippen LogP) is 5.54. The summed E-state index contributed by atoms with van der Waals surface area (Å²) in [6.45, 7) is 4.37. The molecule has 0 aliphatic rings. The van der Waals surface area contributed by atoms with E-state index in [-0.39, 0.29) is 31.5 Å². The van der Waals surface area contributed by atoms with Gasteiger partial charge in [0.2, 0.25) is 11.9 Å². The summed E-state index contributed by atoms with van der Waals surface area (Å²) >= 11 is 6.24. The number of benzene rings is 3. The molecule has 0 radical (unpaired) electrons. The van der Waals surface area contributed by atoms with Crippen LogP contribution >= 0.6 is 11.6 Å². The van der Waals surface area contributed by atoms with E-state index in [2.05, 4.69) is 5.32 Å². The highest BCUT2D eigenvalue weighted by Gasteiger charge is 2.22. The van der Waals surface area contributed by atoms with Crippen LogP contribution in [-0.2, 0) is 9.53 Å². The molecule has 1 aromatic heterocycles. The third-order valence-corrected chi connectivity index (χ3v) is 6.24. The van der Waals surface area contributed by atoms with Gasteiger partial charge >= 0.3 is 0 Å². The quantitative estimate of drug-likeness (QED) is 0.317. The van der Waals surface area contributed by atoms with Gasteiger partial charge in [0, 0.05) is 31.1 Å². The Bertz CT molecular complexity index is 1380. The first-order valence-corrected chi connectivity index (χ1v) is 12.3. The van der Waals surface area contributed by atoms with E-state index in [0.29, 0.717) is 16.5 Å². The number of methoxy groups -OCH3 is 1. The number of hydrogen-bond donors (Lipinski definition) is 1. The Hall–Kier alpha value is -3.94. The second-order valence-electron chi connectivity index (χ2n) is 8.77. The number of hydrogen-bond acceptors (Lipinski definition) is 4. The normalized spacial score (nSPS) is 10.8. The van der Waals surface area contributed by atoms with Gasteiger partial charge in [-0.05, 0) is 38.1 Å². The van der Waals surface area contributed by atoms with Crippen LogP contribution in [0.25, 0.3) is 16.9 Å². The van der Waals surface area contributed by atoms with Gasteiger partial charge in [-0.1, -0.05) is 71.3 Å². The summed E-state index contributed by atoms with van der Waals surface area (Å²) in [5.74, 6) is -0.368.